The zero-order valence-electron chi connectivity index (χ0n) is 9.89. The van der Waals surface area contributed by atoms with E-state index in [9.17, 15) is 8.42 Å². The summed E-state index contributed by atoms with van der Waals surface area (Å²) in [5.74, 6) is 0. The fourth-order valence-electron chi connectivity index (χ4n) is 1.43. The van der Waals surface area contributed by atoms with E-state index in [1.165, 1.54) is 0 Å². The molecule has 1 atom stereocenters. The van der Waals surface area contributed by atoms with Crippen molar-refractivity contribution in [3.63, 3.8) is 0 Å². The molecule has 1 aromatic carbocycles. The first-order chi connectivity index (χ1) is 8.35. The monoisotopic (exact) mass is 350 g/mol. The first-order valence-corrected chi connectivity index (χ1v) is 8.09. The number of nitrogens with one attached hydrogen (secondary N) is 1. The van der Waals surface area contributed by atoms with E-state index in [1.807, 2.05) is 6.92 Å². The van der Waals surface area contributed by atoms with Gasteiger partial charge in [-0.3, -0.25) is 0 Å². The Balaban J connectivity index is 2.90. The van der Waals surface area contributed by atoms with Gasteiger partial charge in [-0.05, 0) is 24.6 Å². The topological polar surface area (TPSA) is 72.2 Å². The van der Waals surface area contributed by atoms with Crippen LogP contribution in [-0.2, 0) is 10.0 Å². The molecule has 18 heavy (non-hydrogen) atoms. The summed E-state index contributed by atoms with van der Waals surface area (Å²) in [6.45, 7) is 1.88. The van der Waals surface area contributed by atoms with Gasteiger partial charge in [0.1, 0.15) is 0 Å². The van der Waals surface area contributed by atoms with Gasteiger partial charge in [0.15, 0.2) is 0 Å². The molecule has 0 aliphatic heterocycles. The highest BCUT2D eigenvalue weighted by molar-refractivity contribution is 9.10. The van der Waals surface area contributed by atoms with Crippen LogP contribution in [0, 0.1) is 0 Å². The van der Waals surface area contributed by atoms with Gasteiger partial charge in [0.05, 0.1) is 9.88 Å². The predicted molar refractivity (Wildman–Crippen MR) is 79.9 cm³/mol. The summed E-state index contributed by atoms with van der Waals surface area (Å²) in [5, 5.41) is 0. The molecule has 1 unspecified atom stereocenters. The highest BCUT2D eigenvalue weighted by Gasteiger charge is 2.19. The normalized spacial score (nSPS) is 13.2. The number of benzene rings is 1. The average Bonchev–Trinajstić information content (AvgIpc) is 2.27. The molecule has 0 aliphatic rings. The molecule has 7 heteroatoms. The van der Waals surface area contributed by atoms with Gasteiger partial charge in [0, 0.05) is 16.9 Å². The molecule has 0 aliphatic carbocycles. The van der Waals surface area contributed by atoms with Crippen LogP contribution in [-0.4, -0.2) is 19.4 Å². The molecular formula is C11H15BrN2O2S2. The zero-order valence-corrected chi connectivity index (χ0v) is 13.1. The Morgan fingerprint density at radius 3 is 2.72 bits per heavy atom. The molecule has 0 fully saturated rings. The van der Waals surface area contributed by atoms with Crippen molar-refractivity contribution < 1.29 is 8.42 Å². The fraction of sp³-hybridized carbons (Fsp3) is 0.364. The van der Waals surface area contributed by atoms with E-state index in [0.29, 0.717) is 22.3 Å². The van der Waals surface area contributed by atoms with Crippen molar-refractivity contribution in [3.05, 3.63) is 28.7 Å². The summed E-state index contributed by atoms with van der Waals surface area (Å²) in [6.07, 6.45) is 0.990. The molecule has 0 saturated carbocycles. The van der Waals surface area contributed by atoms with Gasteiger partial charge in [-0.25, -0.2) is 13.1 Å². The minimum atomic E-state index is -3.53. The van der Waals surface area contributed by atoms with Crippen LogP contribution in [0.4, 0.5) is 0 Å². The summed E-state index contributed by atoms with van der Waals surface area (Å²) >= 11 is 8.05. The van der Waals surface area contributed by atoms with Gasteiger partial charge in [-0.1, -0.05) is 41.1 Å². The van der Waals surface area contributed by atoms with Crippen LogP contribution in [0.3, 0.4) is 0 Å². The molecular weight excluding hydrogens is 336 g/mol. The lowest BCUT2D eigenvalue weighted by atomic mass is 10.2. The standard InChI is InChI=1S/C11H15BrN2O2S2/c1-2-9(7-11(13)17)14-18(15,16)10-5-3-4-8(12)6-10/h3-6,9,14H,2,7H2,1H3,(H2,13,17). The summed E-state index contributed by atoms with van der Waals surface area (Å²) in [4.78, 5) is 0.525. The van der Waals surface area contributed by atoms with Crippen molar-refractivity contribution >= 4 is 43.2 Å². The van der Waals surface area contributed by atoms with Crippen molar-refractivity contribution in [2.24, 2.45) is 5.73 Å². The Kier molecular flexibility index (Phi) is 5.71. The van der Waals surface area contributed by atoms with Gasteiger partial charge in [-0.15, -0.1) is 0 Å². The molecule has 4 nitrogen and oxygen atoms in total. The Morgan fingerprint density at radius 2 is 2.22 bits per heavy atom. The summed E-state index contributed by atoms with van der Waals surface area (Å²) in [6, 6.07) is 6.26. The molecule has 0 saturated heterocycles. The van der Waals surface area contributed by atoms with Crippen LogP contribution in [0.5, 0.6) is 0 Å². The highest BCUT2D eigenvalue weighted by Crippen LogP contribution is 2.16. The van der Waals surface area contributed by atoms with Crippen LogP contribution in [0.15, 0.2) is 33.6 Å². The molecule has 0 radical (unpaired) electrons. The SMILES string of the molecule is CCC(CC(N)=S)NS(=O)(=O)c1cccc(Br)c1. The van der Waals surface area contributed by atoms with E-state index in [2.05, 4.69) is 20.7 Å². The third-order valence-electron chi connectivity index (χ3n) is 2.37. The van der Waals surface area contributed by atoms with Gasteiger partial charge >= 0.3 is 0 Å². The number of hydrogen-bond donors (Lipinski definition) is 2. The number of nitrogens with two attached hydrogens (primary N) is 1. The number of rotatable bonds is 6. The second-order valence-electron chi connectivity index (χ2n) is 3.85. The van der Waals surface area contributed by atoms with E-state index in [-0.39, 0.29) is 10.9 Å². The molecule has 0 bridgehead atoms. The summed E-state index contributed by atoms with van der Waals surface area (Å²) in [5.41, 5.74) is 5.44. The van der Waals surface area contributed by atoms with E-state index < -0.39 is 10.0 Å². The quantitative estimate of drug-likeness (QED) is 0.771. The lowest BCUT2D eigenvalue weighted by Crippen LogP contribution is -2.37. The molecule has 0 heterocycles. The second-order valence-corrected chi connectivity index (χ2v) is 7.01. The van der Waals surface area contributed by atoms with Crippen LogP contribution >= 0.6 is 28.1 Å². The Morgan fingerprint density at radius 1 is 1.56 bits per heavy atom. The highest BCUT2D eigenvalue weighted by atomic mass is 79.9. The number of halogens is 1. The minimum Gasteiger partial charge on any atom is -0.393 e. The maximum atomic E-state index is 12.1. The third kappa shape index (κ3) is 4.64. The average molecular weight is 351 g/mol. The first kappa shape index (κ1) is 15.6. The van der Waals surface area contributed by atoms with Crippen LogP contribution < -0.4 is 10.5 Å². The van der Waals surface area contributed by atoms with Crippen molar-refractivity contribution in [1.29, 1.82) is 0 Å². The van der Waals surface area contributed by atoms with Gasteiger partial charge in [0.2, 0.25) is 10.0 Å². The van der Waals surface area contributed by atoms with E-state index >= 15 is 0 Å². The van der Waals surface area contributed by atoms with Crippen molar-refractivity contribution in [1.82, 2.24) is 4.72 Å². The Hall–Kier alpha value is -0.500. The third-order valence-corrected chi connectivity index (χ3v) is 4.55. The van der Waals surface area contributed by atoms with Gasteiger partial charge < -0.3 is 5.73 Å². The van der Waals surface area contributed by atoms with Crippen molar-refractivity contribution in [2.45, 2.75) is 30.7 Å². The Labute approximate surface area is 121 Å². The van der Waals surface area contributed by atoms with Crippen molar-refractivity contribution in [3.8, 4) is 0 Å². The second kappa shape index (κ2) is 6.60. The first-order valence-electron chi connectivity index (χ1n) is 5.41. The summed E-state index contributed by atoms with van der Waals surface area (Å²) in [7, 11) is -3.53. The lowest BCUT2D eigenvalue weighted by molar-refractivity contribution is 0.546. The maximum Gasteiger partial charge on any atom is 0.240 e. The number of hydrogen-bond acceptors (Lipinski definition) is 3. The zero-order chi connectivity index (χ0) is 13.8. The summed E-state index contributed by atoms with van der Waals surface area (Å²) < 4.78 is 27.6. The molecule has 0 aromatic heterocycles. The lowest BCUT2D eigenvalue weighted by Gasteiger charge is -2.16. The molecule has 100 valence electrons. The van der Waals surface area contributed by atoms with E-state index in [4.69, 9.17) is 18.0 Å². The van der Waals surface area contributed by atoms with Crippen LogP contribution in [0.25, 0.3) is 0 Å². The number of sulfonamides is 1. The van der Waals surface area contributed by atoms with Gasteiger partial charge in [0.25, 0.3) is 0 Å². The van der Waals surface area contributed by atoms with Crippen molar-refractivity contribution in [2.75, 3.05) is 0 Å². The van der Waals surface area contributed by atoms with Crippen LogP contribution in [0.2, 0.25) is 0 Å². The van der Waals surface area contributed by atoms with Crippen LogP contribution in [0.1, 0.15) is 19.8 Å². The number of thiocarbonyl (C=S) groups is 1. The molecule has 0 spiro atoms. The molecule has 1 aromatic rings. The largest absolute Gasteiger partial charge is 0.393 e. The smallest absolute Gasteiger partial charge is 0.240 e. The van der Waals surface area contributed by atoms with E-state index in [0.717, 1.165) is 0 Å². The predicted octanol–water partition coefficient (Wildman–Crippen LogP) is 2.18. The Bertz CT molecular complexity index is 532. The fourth-order valence-corrected chi connectivity index (χ4v) is 3.55. The molecule has 0 amide bonds. The van der Waals surface area contributed by atoms with E-state index in [1.54, 1.807) is 24.3 Å². The minimum absolute atomic E-state index is 0.221. The maximum absolute atomic E-state index is 12.1. The molecule has 3 N–H and O–H groups in total. The van der Waals surface area contributed by atoms with Gasteiger partial charge in [-0.2, -0.15) is 0 Å². The molecule has 1 rings (SSSR count).